The van der Waals surface area contributed by atoms with Crippen molar-refractivity contribution >= 4 is 17.8 Å². The van der Waals surface area contributed by atoms with E-state index in [1.807, 2.05) is 0 Å². The smallest absolute Gasteiger partial charge is 0.367 e. The first kappa shape index (κ1) is 10.3. The number of Topliss-reactive ketones (excluding diaryl/α,β-unsaturated/α-hetero) is 1. The molecule has 0 aromatic carbocycles. The van der Waals surface area contributed by atoms with Gasteiger partial charge in [0, 0.05) is 6.07 Å². The van der Waals surface area contributed by atoms with Crippen LogP contribution in [-0.2, 0) is 9.53 Å². The molecule has 4 heteroatoms. The molecule has 0 atom stereocenters. The number of allylic oxidation sites excluding steroid dienone is 1. The highest BCUT2D eigenvalue weighted by molar-refractivity contribution is 6.19. The highest BCUT2D eigenvalue weighted by Gasteiger charge is 2.33. The lowest BCUT2D eigenvalue weighted by Gasteiger charge is -2.09. The quantitative estimate of drug-likeness (QED) is 0.409. The number of hydrogen-bond acceptors (Lipinski definition) is 3. The number of ketones is 1. The molecule has 1 aliphatic carbocycles. The van der Waals surface area contributed by atoms with E-state index in [1.54, 1.807) is 25.0 Å². The number of methoxy groups -OCH3 is 1. The lowest BCUT2D eigenvalue weighted by molar-refractivity contribution is 0.102. The zero-order valence-electron chi connectivity index (χ0n) is 8.87. The molecule has 80 valence electrons. The summed E-state index contributed by atoms with van der Waals surface area (Å²) < 4.78 is 10.3. The normalized spacial score (nSPS) is 14.0. The Labute approximate surface area is 91.8 Å². The van der Waals surface area contributed by atoms with Gasteiger partial charge in [0.15, 0.2) is 5.76 Å². The highest BCUT2D eigenvalue weighted by atomic mass is 16.5. The minimum Gasteiger partial charge on any atom is -0.495 e. The lowest BCUT2D eigenvalue weighted by Crippen LogP contribution is -2.14. The van der Waals surface area contributed by atoms with Gasteiger partial charge in [-0.15, -0.1) is 0 Å². The Hall–Kier alpha value is -2.19. The molecule has 0 saturated heterocycles. The predicted molar refractivity (Wildman–Crippen MR) is 56.4 cm³/mol. The van der Waals surface area contributed by atoms with Crippen LogP contribution in [0.5, 0.6) is 0 Å². The fourth-order valence-corrected chi connectivity index (χ4v) is 1.54. The maximum Gasteiger partial charge on any atom is 0.367 e. The average Bonchev–Trinajstić information content (AvgIpc) is 2.28. The first-order chi connectivity index (χ1) is 7.67. The van der Waals surface area contributed by atoms with Gasteiger partial charge in [-0.1, -0.05) is 0 Å². The molecule has 0 unspecified atom stereocenters. The molecule has 16 heavy (non-hydrogen) atoms. The molecule has 0 bridgehead atoms. The van der Waals surface area contributed by atoms with Gasteiger partial charge in [-0.25, -0.2) is 9.21 Å². The Morgan fingerprint density at radius 2 is 2.12 bits per heavy atom. The number of carbonyl (C=O) groups is 1. The van der Waals surface area contributed by atoms with Crippen LogP contribution in [0, 0.1) is 6.92 Å². The van der Waals surface area contributed by atoms with Crippen LogP contribution in [0.2, 0.25) is 0 Å². The maximum atomic E-state index is 11.8. The molecule has 0 spiro atoms. The summed E-state index contributed by atoms with van der Waals surface area (Å²) in [5.41, 5.74) is 0.249. The lowest BCUT2D eigenvalue weighted by atomic mass is 9.96. The van der Waals surface area contributed by atoms with E-state index in [2.05, 4.69) is 0 Å². The molecular weight excluding hydrogens is 208 g/mol. The Morgan fingerprint density at radius 3 is 2.75 bits per heavy atom. The molecule has 0 amide bonds. The van der Waals surface area contributed by atoms with Crippen molar-refractivity contribution in [1.29, 1.82) is 0 Å². The summed E-state index contributed by atoms with van der Waals surface area (Å²) in [7, 11) is 1.39. The van der Waals surface area contributed by atoms with Crippen molar-refractivity contribution in [3.63, 3.8) is 0 Å². The van der Waals surface area contributed by atoms with Gasteiger partial charge in [0.05, 0.1) is 20.1 Å². The zero-order valence-corrected chi connectivity index (χ0v) is 8.87. The first-order valence-electron chi connectivity index (χ1n) is 4.67. The SMILES string of the molecule is COC1=Cc2[o+]c(C)ccc2C(=O)C1=C=O. The molecule has 0 aliphatic heterocycles. The minimum atomic E-state index is -0.423. The largest absolute Gasteiger partial charge is 0.495 e. The van der Waals surface area contributed by atoms with Gasteiger partial charge in [-0.2, -0.15) is 0 Å². The Morgan fingerprint density at radius 1 is 1.38 bits per heavy atom. The van der Waals surface area contributed by atoms with Crippen molar-refractivity contribution in [2.24, 2.45) is 0 Å². The Kier molecular flexibility index (Phi) is 2.43. The molecular formula is C12H9O4+. The topological polar surface area (TPSA) is 54.7 Å². The van der Waals surface area contributed by atoms with E-state index in [4.69, 9.17) is 9.15 Å². The fourth-order valence-electron chi connectivity index (χ4n) is 1.54. The highest BCUT2D eigenvalue weighted by Crippen LogP contribution is 2.27. The van der Waals surface area contributed by atoms with Crippen molar-refractivity contribution in [3.05, 3.63) is 40.5 Å². The van der Waals surface area contributed by atoms with E-state index in [0.717, 1.165) is 0 Å². The van der Waals surface area contributed by atoms with Crippen LogP contribution in [0.3, 0.4) is 0 Å². The van der Waals surface area contributed by atoms with E-state index in [0.29, 0.717) is 17.1 Å². The number of aryl methyl sites for hydroxylation is 1. The molecule has 0 radical (unpaired) electrons. The van der Waals surface area contributed by atoms with Gasteiger partial charge >= 0.3 is 11.5 Å². The molecule has 0 fully saturated rings. The second-order valence-electron chi connectivity index (χ2n) is 3.34. The summed E-state index contributed by atoms with van der Waals surface area (Å²) in [5.74, 6) is 2.43. The number of fused-ring (bicyclic) bond motifs is 1. The second-order valence-corrected chi connectivity index (χ2v) is 3.34. The summed E-state index contributed by atoms with van der Waals surface area (Å²) in [5, 5.41) is 0. The third-order valence-corrected chi connectivity index (χ3v) is 2.32. The Bertz CT molecular complexity index is 548. The van der Waals surface area contributed by atoms with Crippen molar-refractivity contribution in [1.82, 2.24) is 0 Å². The van der Waals surface area contributed by atoms with E-state index in [9.17, 15) is 9.59 Å². The third kappa shape index (κ3) is 1.45. The summed E-state index contributed by atoms with van der Waals surface area (Å²) in [6, 6.07) is 3.29. The number of rotatable bonds is 1. The van der Waals surface area contributed by atoms with Gasteiger partial charge in [0.2, 0.25) is 5.78 Å². The van der Waals surface area contributed by atoms with E-state index in [-0.39, 0.29) is 11.3 Å². The third-order valence-electron chi connectivity index (χ3n) is 2.32. The van der Waals surface area contributed by atoms with Gasteiger partial charge < -0.3 is 4.74 Å². The van der Waals surface area contributed by atoms with Crippen LogP contribution in [0.4, 0.5) is 0 Å². The van der Waals surface area contributed by atoms with Crippen molar-refractivity contribution in [3.8, 4) is 0 Å². The summed E-state index contributed by atoms with van der Waals surface area (Å²) >= 11 is 0. The van der Waals surface area contributed by atoms with Gasteiger partial charge in [0.1, 0.15) is 17.1 Å². The van der Waals surface area contributed by atoms with Gasteiger partial charge in [-0.05, 0) is 6.07 Å². The Balaban J connectivity index is 2.70. The van der Waals surface area contributed by atoms with Crippen LogP contribution < -0.4 is 0 Å². The summed E-state index contributed by atoms with van der Waals surface area (Å²) in [6.45, 7) is 1.77. The predicted octanol–water partition coefficient (Wildman–Crippen LogP) is 1.81. The minimum absolute atomic E-state index is 0.103. The van der Waals surface area contributed by atoms with Gasteiger partial charge in [0.25, 0.3) is 0 Å². The van der Waals surface area contributed by atoms with Crippen LogP contribution in [0.25, 0.3) is 6.08 Å². The van der Waals surface area contributed by atoms with Crippen molar-refractivity contribution < 1.29 is 18.7 Å². The molecule has 1 aliphatic rings. The van der Waals surface area contributed by atoms with Crippen molar-refractivity contribution in [2.75, 3.05) is 7.11 Å². The average molecular weight is 217 g/mol. The van der Waals surface area contributed by atoms with Crippen LogP contribution >= 0.6 is 0 Å². The van der Waals surface area contributed by atoms with Gasteiger partial charge in [-0.3, -0.25) is 4.79 Å². The molecule has 1 heterocycles. The molecule has 0 N–H and O–H groups in total. The molecule has 1 aromatic rings. The van der Waals surface area contributed by atoms with Crippen LogP contribution in [0.1, 0.15) is 21.9 Å². The standard InChI is InChI=1S/C12H9O4/c1-7-3-4-8-11(16-7)5-10(15-2)9(6-13)12(8)14/h3-5H,1-2H3/q+1. The maximum absolute atomic E-state index is 11.8. The van der Waals surface area contributed by atoms with Crippen molar-refractivity contribution in [2.45, 2.75) is 6.92 Å². The number of ether oxygens (including phenoxy) is 1. The molecule has 2 rings (SSSR count). The molecule has 4 nitrogen and oxygen atoms in total. The van der Waals surface area contributed by atoms with E-state index >= 15 is 0 Å². The van der Waals surface area contributed by atoms with E-state index < -0.39 is 5.78 Å². The molecule has 1 aromatic heterocycles. The van der Waals surface area contributed by atoms with Crippen LogP contribution in [0.15, 0.2) is 27.9 Å². The second kappa shape index (κ2) is 3.76. The molecule has 0 saturated carbocycles. The van der Waals surface area contributed by atoms with Crippen LogP contribution in [-0.4, -0.2) is 18.8 Å². The number of hydrogen-bond donors (Lipinski definition) is 0. The zero-order chi connectivity index (χ0) is 11.7. The summed E-state index contributed by atoms with van der Waals surface area (Å²) in [6.07, 6.45) is 1.52. The van der Waals surface area contributed by atoms with E-state index in [1.165, 1.54) is 13.2 Å². The fraction of sp³-hybridized carbons (Fsp3) is 0.167. The monoisotopic (exact) mass is 217 g/mol. The first-order valence-corrected chi connectivity index (χ1v) is 4.67. The summed E-state index contributed by atoms with van der Waals surface area (Å²) in [4.78, 5) is 22.5. The number of carbonyl (C=O) groups excluding carboxylic acids is 2.